The number of carbonyl (C=O) groups is 4. The smallest absolute Gasteiger partial charge is 0.246 e. The van der Waals surface area contributed by atoms with E-state index in [1.807, 2.05) is 44.2 Å². The van der Waals surface area contributed by atoms with E-state index in [1.165, 1.54) is 6.92 Å². The largest absolute Gasteiger partial charge is 0.362 e. The molecule has 0 saturated carbocycles. The topological polar surface area (TPSA) is 95.6 Å². The number of amides is 3. The summed E-state index contributed by atoms with van der Waals surface area (Å²) in [7, 11) is 1.56. The van der Waals surface area contributed by atoms with Gasteiger partial charge in [0.1, 0.15) is 0 Å². The van der Waals surface area contributed by atoms with Crippen molar-refractivity contribution in [1.29, 1.82) is 0 Å². The third kappa shape index (κ3) is 8.59. The lowest BCUT2D eigenvalue weighted by Crippen LogP contribution is -2.48. The average molecular weight is 416 g/mol. The molecular weight excluding hydrogens is 382 g/mol. The molecule has 1 heterocycles. The molecule has 0 spiro atoms. The number of hydrogen-bond acceptors (Lipinski definition) is 4. The fourth-order valence-electron chi connectivity index (χ4n) is 3.21. The molecule has 3 amide bonds. The molecule has 0 radical (unpaired) electrons. The van der Waals surface area contributed by atoms with Gasteiger partial charge < -0.3 is 15.5 Å². The van der Waals surface area contributed by atoms with Gasteiger partial charge in [0, 0.05) is 32.1 Å². The Labute approximate surface area is 178 Å². The highest BCUT2D eigenvalue weighted by Gasteiger charge is 2.29. The Hall–Kier alpha value is -2.96. The number of nitrogens with one attached hydrogen (secondary N) is 2. The molecule has 164 valence electrons. The van der Waals surface area contributed by atoms with Crippen LogP contribution in [0.3, 0.4) is 0 Å². The third-order valence-corrected chi connectivity index (χ3v) is 4.92. The van der Waals surface area contributed by atoms with Crippen LogP contribution in [0.25, 0.3) is 6.08 Å². The monoisotopic (exact) mass is 415 g/mol. The van der Waals surface area contributed by atoms with Gasteiger partial charge in [-0.2, -0.15) is 0 Å². The molecule has 1 saturated heterocycles. The molecule has 7 heteroatoms. The first kappa shape index (κ1) is 25.1. The zero-order valence-corrected chi connectivity index (χ0v) is 18.3. The molecule has 30 heavy (non-hydrogen) atoms. The molecule has 1 aliphatic heterocycles. The van der Waals surface area contributed by atoms with Crippen LogP contribution in [-0.4, -0.2) is 55.1 Å². The first-order valence-corrected chi connectivity index (χ1v) is 10.2. The number of carbonyl (C=O) groups excluding carboxylic acids is 4. The van der Waals surface area contributed by atoms with Crippen LogP contribution in [0.5, 0.6) is 0 Å². The minimum Gasteiger partial charge on any atom is -0.362 e. The summed E-state index contributed by atoms with van der Waals surface area (Å²) in [6.07, 6.45) is 5.26. The fourth-order valence-corrected chi connectivity index (χ4v) is 3.21. The van der Waals surface area contributed by atoms with Gasteiger partial charge in [0.05, 0.1) is 6.04 Å². The number of Topliss-reactive ketones (excluding diaryl/α,β-unsaturated/α-hetero) is 1. The Morgan fingerprint density at radius 3 is 2.13 bits per heavy atom. The lowest BCUT2D eigenvalue weighted by Gasteiger charge is -2.31. The number of rotatable bonds is 7. The Kier molecular flexibility index (Phi) is 11.1. The maximum absolute atomic E-state index is 12.4. The first-order chi connectivity index (χ1) is 14.3. The standard InChI is InChI=1S/C21H28N2O3.C2H5NO/c1-15(2)20(16(3)24)22-21(26)18-11-13-23(14-12-18)19(25)10-9-17-7-5-4-6-8-17;1-3-2-4/h4-10,15,18,20H,11-14H2,1-3H3,(H,22,26);2H,1H3,(H,3,4)/b10-9+;. The fraction of sp³-hybridized carbons (Fsp3) is 0.478. The van der Waals surface area contributed by atoms with Crippen molar-refractivity contribution in [2.75, 3.05) is 20.1 Å². The molecular formula is C23H33N3O4. The summed E-state index contributed by atoms with van der Waals surface area (Å²) < 4.78 is 0. The van der Waals surface area contributed by atoms with Crippen LogP contribution in [0.4, 0.5) is 0 Å². The van der Waals surface area contributed by atoms with Gasteiger partial charge in [-0.3, -0.25) is 19.2 Å². The second-order valence-electron chi connectivity index (χ2n) is 7.59. The SMILES string of the molecule is CC(=O)C(NC(=O)C1CCN(C(=O)/C=C/c2ccccc2)CC1)C(C)C.CNC=O. The number of nitrogens with zero attached hydrogens (tertiary/aromatic N) is 1. The van der Waals surface area contributed by atoms with E-state index in [1.54, 1.807) is 24.1 Å². The molecule has 0 bridgehead atoms. The van der Waals surface area contributed by atoms with E-state index in [4.69, 9.17) is 4.79 Å². The Balaban J connectivity index is 0.00000103. The lowest BCUT2D eigenvalue weighted by atomic mass is 9.93. The molecule has 1 atom stereocenters. The maximum Gasteiger partial charge on any atom is 0.246 e. The van der Waals surface area contributed by atoms with Gasteiger partial charge in [-0.25, -0.2) is 0 Å². The Bertz CT molecular complexity index is 723. The van der Waals surface area contributed by atoms with Crippen LogP contribution in [0.1, 0.15) is 39.2 Å². The molecule has 1 aromatic carbocycles. The van der Waals surface area contributed by atoms with Crippen molar-refractivity contribution in [2.24, 2.45) is 11.8 Å². The van der Waals surface area contributed by atoms with Crippen molar-refractivity contribution in [2.45, 2.75) is 39.7 Å². The van der Waals surface area contributed by atoms with Gasteiger partial charge in [-0.05, 0) is 37.3 Å². The zero-order valence-electron chi connectivity index (χ0n) is 18.3. The van der Waals surface area contributed by atoms with Crippen molar-refractivity contribution < 1.29 is 19.2 Å². The molecule has 2 N–H and O–H groups in total. The Morgan fingerprint density at radius 1 is 1.10 bits per heavy atom. The van der Waals surface area contributed by atoms with Crippen molar-refractivity contribution >= 4 is 30.1 Å². The minimum absolute atomic E-state index is 0.0213. The van der Waals surface area contributed by atoms with Gasteiger partial charge in [0.15, 0.2) is 5.78 Å². The van der Waals surface area contributed by atoms with Crippen LogP contribution >= 0.6 is 0 Å². The number of hydrogen-bond donors (Lipinski definition) is 2. The highest BCUT2D eigenvalue weighted by molar-refractivity contribution is 5.92. The van der Waals surface area contributed by atoms with E-state index in [2.05, 4.69) is 10.6 Å². The number of benzene rings is 1. The van der Waals surface area contributed by atoms with Crippen LogP contribution < -0.4 is 10.6 Å². The Morgan fingerprint density at radius 2 is 1.67 bits per heavy atom. The lowest BCUT2D eigenvalue weighted by molar-refractivity contribution is -0.134. The van der Waals surface area contributed by atoms with Gasteiger partial charge in [0.2, 0.25) is 18.2 Å². The summed E-state index contributed by atoms with van der Waals surface area (Å²) in [5.74, 6) is -0.201. The molecule has 1 aliphatic rings. The quantitative estimate of drug-likeness (QED) is 0.526. The van der Waals surface area contributed by atoms with Gasteiger partial charge in [-0.1, -0.05) is 44.2 Å². The molecule has 1 fully saturated rings. The predicted octanol–water partition coefficient (Wildman–Crippen LogP) is 2.03. The van der Waals surface area contributed by atoms with E-state index in [9.17, 15) is 14.4 Å². The minimum atomic E-state index is -0.434. The third-order valence-electron chi connectivity index (χ3n) is 4.92. The van der Waals surface area contributed by atoms with Gasteiger partial charge in [-0.15, -0.1) is 0 Å². The predicted molar refractivity (Wildman–Crippen MR) is 117 cm³/mol. The summed E-state index contributed by atoms with van der Waals surface area (Å²) >= 11 is 0. The van der Waals surface area contributed by atoms with Crippen LogP contribution in [0.15, 0.2) is 36.4 Å². The second kappa shape index (κ2) is 13.3. The number of piperidine rings is 1. The second-order valence-corrected chi connectivity index (χ2v) is 7.59. The molecule has 2 rings (SSSR count). The summed E-state index contributed by atoms with van der Waals surface area (Å²) in [5.41, 5.74) is 0.985. The molecule has 0 aromatic heterocycles. The first-order valence-electron chi connectivity index (χ1n) is 10.2. The van der Waals surface area contributed by atoms with Crippen LogP contribution in [0.2, 0.25) is 0 Å². The maximum atomic E-state index is 12.4. The summed E-state index contributed by atoms with van der Waals surface area (Å²) in [4.78, 5) is 47.2. The molecule has 0 aliphatic carbocycles. The van der Waals surface area contributed by atoms with Crippen molar-refractivity contribution in [3.8, 4) is 0 Å². The van der Waals surface area contributed by atoms with E-state index in [-0.39, 0.29) is 29.4 Å². The average Bonchev–Trinajstić information content (AvgIpc) is 2.76. The van der Waals surface area contributed by atoms with Crippen LogP contribution in [-0.2, 0) is 19.2 Å². The number of likely N-dealkylation sites (tertiary alicyclic amines) is 1. The van der Waals surface area contributed by atoms with E-state index >= 15 is 0 Å². The van der Waals surface area contributed by atoms with Crippen molar-refractivity contribution in [3.63, 3.8) is 0 Å². The highest BCUT2D eigenvalue weighted by Crippen LogP contribution is 2.19. The van der Waals surface area contributed by atoms with E-state index in [0.29, 0.717) is 32.3 Å². The van der Waals surface area contributed by atoms with Crippen LogP contribution in [0, 0.1) is 11.8 Å². The summed E-state index contributed by atoms with van der Waals surface area (Å²) in [5, 5.41) is 5.12. The molecule has 1 aromatic rings. The normalized spacial score (nSPS) is 15.2. The zero-order chi connectivity index (χ0) is 22.5. The molecule has 7 nitrogen and oxygen atoms in total. The van der Waals surface area contributed by atoms with Gasteiger partial charge >= 0.3 is 0 Å². The summed E-state index contributed by atoms with van der Waals surface area (Å²) in [6.45, 7) is 6.47. The molecule has 1 unspecified atom stereocenters. The van der Waals surface area contributed by atoms with Crippen molar-refractivity contribution in [3.05, 3.63) is 42.0 Å². The summed E-state index contributed by atoms with van der Waals surface area (Å²) in [6, 6.07) is 9.25. The number of ketones is 1. The van der Waals surface area contributed by atoms with Crippen molar-refractivity contribution in [1.82, 2.24) is 15.5 Å². The van der Waals surface area contributed by atoms with E-state index in [0.717, 1.165) is 5.56 Å². The van der Waals surface area contributed by atoms with E-state index < -0.39 is 6.04 Å². The van der Waals surface area contributed by atoms with Gasteiger partial charge in [0.25, 0.3) is 0 Å². The highest BCUT2D eigenvalue weighted by atomic mass is 16.2.